The summed E-state index contributed by atoms with van der Waals surface area (Å²) in [4.78, 5) is 3.48. The molecule has 0 atom stereocenters. The number of aryl methyl sites for hydroxylation is 1. The molecule has 0 bridgehead atoms. The SMILES string of the molecule is Cc1cc(Br)c2c(c1)nc(C(F)(F)F)n2C[O-]. The summed E-state index contributed by atoms with van der Waals surface area (Å²) in [7, 11) is 0. The van der Waals surface area contributed by atoms with E-state index in [0.717, 1.165) is 5.56 Å². The Hall–Kier alpha value is -1.08. The molecular weight excluding hydrogens is 301 g/mol. The van der Waals surface area contributed by atoms with Crippen LogP contribution < -0.4 is 5.11 Å². The van der Waals surface area contributed by atoms with Gasteiger partial charge in [0.05, 0.1) is 11.0 Å². The lowest BCUT2D eigenvalue weighted by Crippen LogP contribution is -2.20. The van der Waals surface area contributed by atoms with Gasteiger partial charge in [0, 0.05) is 4.47 Å². The molecule has 7 heteroatoms. The Morgan fingerprint density at radius 3 is 2.59 bits per heavy atom. The number of imidazole rings is 1. The van der Waals surface area contributed by atoms with Crippen molar-refractivity contribution in [2.75, 3.05) is 0 Å². The second-order valence-corrected chi connectivity index (χ2v) is 4.46. The van der Waals surface area contributed by atoms with E-state index in [1.165, 1.54) is 6.07 Å². The number of benzene rings is 1. The van der Waals surface area contributed by atoms with Gasteiger partial charge < -0.3 is 9.67 Å². The van der Waals surface area contributed by atoms with Crippen molar-refractivity contribution in [3.63, 3.8) is 0 Å². The van der Waals surface area contributed by atoms with Crippen LogP contribution >= 0.6 is 15.9 Å². The van der Waals surface area contributed by atoms with Crippen LogP contribution in [0.1, 0.15) is 11.4 Å². The fourth-order valence-corrected chi connectivity index (χ4v) is 2.47. The van der Waals surface area contributed by atoms with Crippen LogP contribution in [0, 0.1) is 6.92 Å². The first-order valence-electron chi connectivity index (χ1n) is 4.66. The second-order valence-electron chi connectivity index (χ2n) is 3.60. The van der Waals surface area contributed by atoms with Crippen molar-refractivity contribution < 1.29 is 18.3 Å². The topological polar surface area (TPSA) is 40.9 Å². The quantitative estimate of drug-likeness (QED) is 0.812. The summed E-state index contributed by atoms with van der Waals surface area (Å²) >= 11 is 3.15. The van der Waals surface area contributed by atoms with Gasteiger partial charge in [0.2, 0.25) is 5.82 Å². The van der Waals surface area contributed by atoms with Gasteiger partial charge in [-0.15, -0.1) is 0 Å². The van der Waals surface area contributed by atoms with Gasteiger partial charge in [-0.3, -0.25) is 0 Å². The van der Waals surface area contributed by atoms with Gasteiger partial charge in [-0.1, -0.05) is 6.73 Å². The predicted molar refractivity (Wildman–Crippen MR) is 57.2 cm³/mol. The minimum Gasteiger partial charge on any atom is -0.838 e. The van der Waals surface area contributed by atoms with Crippen LogP contribution in [0.2, 0.25) is 0 Å². The van der Waals surface area contributed by atoms with Crippen LogP contribution in [0.4, 0.5) is 13.2 Å². The smallest absolute Gasteiger partial charge is 0.449 e. The lowest BCUT2D eigenvalue weighted by atomic mass is 10.2. The van der Waals surface area contributed by atoms with Crippen LogP contribution in [0.3, 0.4) is 0 Å². The largest absolute Gasteiger partial charge is 0.838 e. The summed E-state index contributed by atoms with van der Waals surface area (Å²) in [5, 5.41) is 10.9. The van der Waals surface area contributed by atoms with E-state index in [1.807, 2.05) is 0 Å². The van der Waals surface area contributed by atoms with Gasteiger partial charge in [-0.05, 0) is 40.5 Å². The Balaban J connectivity index is 2.85. The Morgan fingerprint density at radius 2 is 2.06 bits per heavy atom. The second kappa shape index (κ2) is 3.99. The first kappa shape index (κ1) is 12.4. The fraction of sp³-hybridized carbons (Fsp3) is 0.300. The zero-order chi connectivity index (χ0) is 12.8. The van der Waals surface area contributed by atoms with E-state index in [2.05, 4.69) is 20.9 Å². The van der Waals surface area contributed by atoms with E-state index in [4.69, 9.17) is 0 Å². The van der Waals surface area contributed by atoms with Gasteiger partial charge in [0.1, 0.15) is 0 Å². The summed E-state index contributed by atoms with van der Waals surface area (Å²) in [6.07, 6.45) is -4.63. The van der Waals surface area contributed by atoms with Gasteiger partial charge in [-0.2, -0.15) is 13.2 Å². The number of aromatic nitrogens is 2. The Labute approximate surface area is 103 Å². The first-order valence-corrected chi connectivity index (χ1v) is 5.45. The maximum Gasteiger partial charge on any atom is 0.449 e. The average Bonchev–Trinajstić information content (AvgIpc) is 2.55. The van der Waals surface area contributed by atoms with E-state index >= 15 is 0 Å². The standard InChI is InChI=1S/C10H7BrF3N2O/c1-5-2-6(11)8-7(3-5)15-9(10(12,13)14)16(8)4-17/h2-3H,4H2,1H3/q-1. The van der Waals surface area contributed by atoms with Crippen LogP contribution in [0.25, 0.3) is 11.0 Å². The number of rotatable bonds is 1. The third-order valence-electron chi connectivity index (χ3n) is 2.32. The van der Waals surface area contributed by atoms with E-state index in [-0.39, 0.29) is 11.0 Å². The molecule has 0 aliphatic rings. The monoisotopic (exact) mass is 307 g/mol. The summed E-state index contributed by atoms with van der Waals surface area (Å²) in [6, 6.07) is 3.16. The highest BCUT2D eigenvalue weighted by molar-refractivity contribution is 9.10. The zero-order valence-corrected chi connectivity index (χ0v) is 10.3. The van der Waals surface area contributed by atoms with Gasteiger partial charge >= 0.3 is 6.18 Å². The molecule has 0 spiro atoms. The average molecular weight is 308 g/mol. The summed E-state index contributed by atoms with van der Waals surface area (Å²) in [5.41, 5.74) is 1.12. The van der Waals surface area contributed by atoms with E-state index < -0.39 is 18.7 Å². The maximum atomic E-state index is 12.7. The Morgan fingerprint density at radius 1 is 1.41 bits per heavy atom. The molecule has 0 saturated heterocycles. The van der Waals surface area contributed by atoms with Crippen molar-refractivity contribution in [3.8, 4) is 0 Å². The molecule has 1 heterocycles. The summed E-state index contributed by atoms with van der Waals surface area (Å²) < 4.78 is 39.1. The predicted octanol–water partition coefficient (Wildman–Crippen LogP) is 2.44. The molecule has 0 aliphatic heterocycles. The molecule has 0 fully saturated rings. The van der Waals surface area contributed by atoms with E-state index in [9.17, 15) is 18.3 Å². The van der Waals surface area contributed by atoms with Gasteiger partial charge in [0.25, 0.3) is 0 Å². The molecule has 0 saturated carbocycles. The highest BCUT2D eigenvalue weighted by Crippen LogP contribution is 2.34. The van der Waals surface area contributed by atoms with Gasteiger partial charge in [0.15, 0.2) is 0 Å². The summed E-state index contributed by atoms with van der Waals surface area (Å²) in [5.74, 6) is -1.16. The van der Waals surface area contributed by atoms with Crippen molar-refractivity contribution in [1.82, 2.24) is 9.55 Å². The highest BCUT2D eigenvalue weighted by Gasteiger charge is 2.37. The lowest BCUT2D eigenvalue weighted by Gasteiger charge is -2.14. The van der Waals surface area contributed by atoms with Crippen molar-refractivity contribution >= 4 is 27.0 Å². The molecule has 17 heavy (non-hydrogen) atoms. The third-order valence-corrected chi connectivity index (χ3v) is 2.93. The molecule has 0 unspecified atom stereocenters. The fourth-order valence-electron chi connectivity index (χ4n) is 1.69. The third kappa shape index (κ3) is 2.04. The maximum absolute atomic E-state index is 12.7. The van der Waals surface area contributed by atoms with Gasteiger partial charge in [-0.25, -0.2) is 4.98 Å². The van der Waals surface area contributed by atoms with Crippen LogP contribution in [0.15, 0.2) is 16.6 Å². The van der Waals surface area contributed by atoms with E-state index in [1.54, 1.807) is 13.0 Å². The molecule has 92 valence electrons. The molecule has 0 radical (unpaired) electrons. The molecule has 0 aliphatic carbocycles. The number of hydrogen-bond acceptors (Lipinski definition) is 2. The lowest BCUT2D eigenvalue weighted by molar-refractivity contribution is -0.409. The van der Waals surface area contributed by atoms with Crippen molar-refractivity contribution in [1.29, 1.82) is 0 Å². The number of fused-ring (bicyclic) bond motifs is 1. The molecule has 1 aromatic heterocycles. The van der Waals surface area contributed by atoms with Crippen LogP contribution in [-0.4, -0.2) is 9.55 Å². The van der Waals surface area contributed by atoms with Crippen molar-refractivity contribution in [2.45, 2.75) is 19.8 Å². The molecule has 3 nitrogen and oxygen atoms in total. The Bertz CT molecular complexity index is 577. The number of halogens is 4. The molecule has 2 aromatic rings. The molecular formula is C10H7BrF3N2O-. The van der Waals surface area contributed by atoms with Crippen LogP contribution in [-0.2, 0) is 12.9 Å². The first-order chi connectivity index (χ1) is 7.84. The highest BCUT2D eigenvalue weighted by atomic mass is 79.9. The number of alkyl halides is 3. The molecule has 0 N–H and O–H groups in total. The zero-order valence-electron chi connectivity index (χ0n) is 8.68. The van der Waals surface area contributed by atoms with Crippen LogP contribution in [0.5, 0.6) is 0 Å². The summed E-state index contributed by atoms with van der Waals surface area (Å²) in [6.45, 7) is 0.723. The minimum absolute atomic E-state index is 0.167. The van der Waals surface area contributed by atoms with Crippen molar-refractivity contribution in [3.05, 3.63) is 28.0 Å². The van der Waals surface area contributed by atoms with E-state index in [0.29, 0.717) is 9.04 Å². The molecule has 1 aromatic carbocycles. The van der Waals surface area contributed by atoms with Crippen molar-refractivity contribution in [2.24, 2.45) is 0 Å². The number of nitrogens with zero attached hydrogens (tertiary/aromatic N) is 2. The molecule has 0 amide bonds. The number of hydrogen-bond donors (Lipinski definition) is 0. The minimum atomic E-state index is -4.63. The normalized spacial score (nSPS) is 12.4. The molecule has 2 rings (SSSR count). The Kier molecular flexibility index (Phi) is 2.90.